The molecule has 1 N–H and O–H groups in total. The van der Waals surface area contributed by atoms with Crippen LogP contribution in [-0.2, 0) is 0 Å². The maximum atomic E-state index is 14.5. The molecule has 0 saturated heterocycles. The Morgan fingerprint density at radius 1 is 1.04 bits per heavy atom. The van der Waals surface area contributed by atoms with Gasteiger partial charge in [0.1, 0.15) is 17.5 Å². The lowest BCUT2D eigenvalue weighted by atomic mass is 10.2. The van der Waals surface area contributed by atoms with E-state index in [0.717, 1.165) is 16.2 Å². The van der Waals surface area contributed by atoms with Crippen molar-refractivity contribution in [2.75, 3.05) is 5.32 Å². The zero-order chi connectivity index (χ0) is 18.6. The molecule has 0 unspecified atom stereocenters. The molecule has 1 aromatic carbocycles. The normalized spacial score (nSPS) is 10.7. The topological polar surface area (TPSA) is 63.8 Å². The lowest BCUT2D eigenvalue weighted by molar-refractivity contribution is 0.568. The number of hydrogen-bond acceptors (Lipinski definition) is 6. The molecule has 0 saturated carbocycles. The summed E-state index contributed by atoms with van der Waals surface area (Å²) in [6.07, 6.45) is 6.58. The van der Waals surface area contributed by atoms with Gasteiger partial charge in [0, 0.05) is 39.5 Å². The van der Waals surface area contributed by atoms with Gasteiger partial charge in [0.05, 0.1) is 18.2 Å². The molecule has 134 valence electrons. The number of pyridine rings is 1. The number of halogens is 1. The fourth-order valence-corrected chi connectivity index (χ4v) is 3.34. The lowest BCUT2D eigenvalue weighted by Crippen LogP contribution is -1.99. The highest BCUT2D eigenvalue weighted by Crippen LogP contribution is 2.31. The van der Waals surface area contributed by atoms with E-state index >= 15 is 0 Å². The monoisotopic (exact) mass is 378 g/mol. The van der Waals surface area contributed by atoms with E-state index in [1.165, 1.54) is 17.8 Å². The maximum absolute atomic E-state index is 14.5. The second-order valence-electron chi connectivity index (χ2n) is 5.75. The summed E-state index contributed by atoms with van der Waals surface area (Å²) in [5.41, 5.74) is 2.21. The van der Waals surface area contributed by atoms with Crippen molar-refractivity contribution in [3.8, 4) is 11.3 Å². The van der Waals surface area contributed by atoms with E-state index in [9.17, 15) is 4.39 Å². The van der Waals surface area contributed by atoms with Crippen LogP contribution >= 0.6 is 11.8 Å². The van der Waals surface area contributed by atoms with Crippen molar-refractivity contribution in [2.45, 2.75) is 16.7 Å². The van der Waals surface area contributed by atoms with E-state index in [1.807, 2.05) is 31.2 Å². The summed E-state index contributed by atoms with van der Waals surface area (Å²) in [5.74, 6) is 0.900. The van der Waals surface area contributed by atoms with Crippen LogP contribution in [0.15, 0.2) is 81.6 Å². The van der Waals surface area contributed by atoms with E-state index in [2.05, 4.69) is 20.3 Å². The largest absolute Gasteiger partial charge is 0.472 e. The molecule has 0 aliphatic heterocycles. The summed E-state index contributed by atoms with van der Waals surface area (Å²) in [6.45, 7) is 1.81. The third kappa shape index (κ3) is 4.15. The van der Waals surface area contributed by atoms with Crippen molar-refractivity contribution in [3.05, 3.63) is 79.0 Å². The molecule has 4 rings (SSSR count). The fraction of sp³-hybridized carbons (Fsp3) is 0.0500. The van der Waals surface area contributed by atoms with Crippen molar-refractivity contribution in [1.82, 2.24) is 15.0 Å². The molecule has 3 aromatic heterocycles. The van der Waals surface area contributed by atoms with Crippen LogP contribution in [0, 0.1) is 12.7 Å². The van der Waals surface area contributed by atoms with Gasteiger partial charge < -0.3 is 9.73 Å². The first-order valence-corrected chi connectivity index (χ1v) is 9.02. The highest BCUT2D eigenvalue weighted by Gasteiger charge is 2.09. The van der Waals surface area contributed by atoms with E-state index in [4.69, 9.17) is 4.42 Å². The van der Waals surface area contributed by atoms with Gasteiger partial charge in [-0.3, -0.25) is 4.98 Å². The van der Waals surface area contributed by atoms with Crippen LogP contribution in [0.1, 0.15) is 5.82 Å². The average molecular weight is 378 g/mol. The number of aryl methyl sites for hydroxylation is 1. The van der Waals surface area contributed by atoms with Gasteiger partial charge in [-0.05, 0) is 43.3 Å². The molecule has 4 aromatic rings. The van der Waals surface area contributed by atoms with Gasteiger partial charge >= 0.3 is 0 Å². The van der Waals surface area contributed by atoms with E-state index in [0.29, 0.717) is 22.2 Å². The van der Waals surface area contributed by atoms with Crippen molar-refractivity contribution < 1.29 is 8.81 Å². The Morgan fingerprint density at radius 3 is 2.63 bits per heavy atom. The predicted octanol–water partition coefficient (Wildman–Crippen LogP) is 5.47. The number of furan rings is 1. The number of hydrogen-bond donors (Lipinski definition) is 1. The van der Waals surface area contributed by atoms with Crippen LogP contribution in [0.25, 0.3) is 11.3 Å². The molecule has 0 fully saturated rings. The number of rotatable bonds is 5. The molecule has 0 aliphatic rings. The summed E-state index contributed by atoms with van der Waals surface area (Å²) < 4.78 is 19.6. The van der Waals surface area contributed by atoms with Gasteiger partial charge in [0.2, 0.25) is 0 Å². The van der Waals surface area contributed by atoms with Crippen LogP contribution in [0.5, 0.6) is 0 Å². The number of aromatic nitrogens is 3. The van der Waals surface area contributed by atoms with Crippen LogP contribution in [0.2, 0.25) is 0 Å². The smallest absolute Gasteiger partial charge is 0.139 e. The third-order valence-electron chi connectivity index (χ3n) is 3.74. The molecular weight excluding hydrogens is 363 g/mol. The minimum atomic E-state index is -0.303. The standard InChI is InChI=1S/C20H15FN4OS/c1-13-23-18(14-6-9-26-12-14)11-20(24-13)25-15-2-3-19(17(21)10-15)27-16-4-7-22-8-5-16/h2-12H,1H3,(H,23,24,25). The zero-order valence-corrected chi connectivity index (χ0v) is 15.2. The second-order valence-corrected chi connectivity index (χ2v) is 6.87. The van der Waals surface area contributed by atoms with Crippen LogP contribution < -0.4 is 5.32 Å². The van der Waals surface area contributed by atoms with E-state index in [-0.39, 0.29) is 5.82 Å². The Labute approximate surface area is 159 Å². The van der Waals surface area contributed by atoms with Crippen molar-refractivity contribution >= 4 is 23.3 Å². The lowest BCUT2D eigenvalue weighted by Gasteiger charge is -2.10. The number of nitrogens with one attached hydrogen (secondary N) is 1. The molecule has 0 amide bonds. The fourth-order valence-electron chi connectivity index (χ4n) is 2.53. The van der Waals surface area contributed by atoms with Crippen LogP contribution in [-0.4, -0.2) is 15.0 Å². The van der Waals surface area contributed by atoms with E-state index in [1.54, 1.807) is 37.1 Å². The number of nitrogens with zero attached hydrogens (tertiary/aromatic N) is 3. The highest BCUT2D eigenvalue weighted by atomic mass is 32.2. The van der Waals surface area contributed by atoms with Crippen LogP contribution in [0.4, 0.5) is 15.9 Å². The summed E-state index contributed by atoms with van der Waals surface area (Å²) in [6, 6.07) is 12.3. The average Bonchev–Trinajstić information content (AvgIpc) is 3.19. The zero-order valence-electron chi connectivity index (χ0n) is 14.4. The minimum absolute atomic E-state index is 0.303. The molecule has 0 bridgehead atoms. The number of benzene rings is 1. The minimum Gasteiger partial charge on any atom is -0.472 e. The third-order valence-corrected chi connectivity index (χ3v) is 4.80. The Balaban J connectivity index is 1.56. The predicted molar refractivity (Wildman–Crippen MR) is 103 cm³/mol. The van der Waals surface area contributed by atoms with Gasteiger partial charge in [-0.2, -0.15) is 0 Å². The Kier molecular flexibility index (Phi) is 4.84. The SMILES string of the molecule is Cc1nc(Nc2ccc(Sc3ccncc3)c(F)c2)cc(-c2ccoc2)n1. The molecule has 0 spiro atoms. The van der Waals surface area contributed by atoms with Crippen molar-refractivity contribution in [3.63, 3.8) is 0 Å². The molecule has 0 radical (unpaired) electrons. The quantitative estimate of drug-likeness (QED) is 0.496. The van der Waals surface area contributed by atoms with Crippen LogP contribution in [0.3, 0.4) is 0 Å². The summed E-state index contributed by atoms with van der Waals surface area (Å²) in [4.78, 5) is 14.2. The Hall–Kier alpha value is -3.19. The molecule has 3 heterocycles. The van der Waals surface area contributed by atoms with Crippen molar-refractivity contribution in [1.29, 1.82) is 0 Å². The van der Waals surface area contributed by atoms with Gasteiger partial charge in [-0.15, -0.1) is 0 Å². The Bertz CT molecular complexity index is 1060. The second kappa shape index (κ2) is 7.59. The first-order chi connectivity index (χ1) is 13.2. The summed E-state index contributed by atoms with van der Waals surface area (Å²) >= 11 is 1.35. The summed E-state index contributed by atoms with van der Waals surface area (Å²) in [7, 11) is 0. The van der Waals surface area contributed by atoms with Crippen molar-refractivity contribution in [2.24, 2.45) is 0 Å². The molecule has 7 heteroatoms. The maximum Gasteiger partial charge on any atom is 0.139 e. The van der Waals surface area contributed by atoms with Gasteiger partial charge in [-0.25, -0.2) is 14.4 Å². The van der Waals surface area contributed by atoms with Gasteiger partial charge in [0.15, 0.2) is 0 Å². The van der Waals surface area contributed by atoms with E-state index < -0.39 is 0 Å². The molecule has 0 atom stereocenters. The number of anilines is 2. The molecule has 27 heavy (non-hydrogen) atoms. The highest BCUT2D eigenvalue weighted by molar-refractivity contribution is 7.99. The molecule has 0 aliphatic carbocycles. The first-order valence-electron chi connectivity index (χ1n) is 8.20. The molecule has 5 nitrogen and oxygen atoms in total. The Morgan fingerprint density at radius 2 is 1.89 bits per heavy atom. The first kappa shape index (κ1) is 17.2. The van der Waals surface area contributed by atoms with Gasteiger partial charge in [-0.1, -0.05) is 11.8 Å². The van der Waals surface area contributed by atoms with Gasteiger partial charge in [0.25, 0.3) is 0 Å². The molecular formula is C20H15FN4OS. The summed E-state index contributed by atoms with van der Waals surface area (Å²) in [5, 5.41) is 3.14.